The Morgan fingerprint density at radius 2 is 1.21 bits per heavy atom. The minimum atomic E-state index is -0.640. The summed E-state index contributed by atoms with van der Waals surface area (Å²) >= 11 is 9.02. The van der Waals surface area contributed by atoms with E-state index >= 15 is 0 Å². The highest BCUT2D eigenvalue weighted by molar-refractivity contribution is 7.13. The first-order valence-electron chi connectivity index (χ1n) is 26.2. The lowest BCUT2D eigenvalue weighted by atomic mass is 9.78. The Kier molecular flexibility index (Phi) is 19.6. The van der Waals surface area contributed by atoms with E-state index in [-0.39, 0.29) is 28.2 Å². The van der Waals surface area contributed by atoms with Gasteiger partial charge >= 0.3 is 12.2 Å². The van der Waals surface area contributed by atoms with Crippen LogP contribution in [0.5, 0.6) is 0 Å². The highest BCUT2D eigenvalue weighted by atomic mass is 35.5. The number of hydrogen-bond acceptors (Lipinski definition) is 14. The van der Waals surface area contributed by atoms with Crippen molar-refractivity contribution in [1.82, 2.24) is 25.5 Å². The Morgan fingerprint density at radius 1 is 0.641 bits per heavy atom. The van der Waals surface area contributed by atoms with Crippen LogP contribution in [0.3, 0.4) is 0 Å². The molecule has 7 N–H and O–H groups in total. The third kappa shape index (κ3) is 16.2. The largest absolute Gasteiger partial charge is 0.444 e. The molecule has 0 atom stereocenters. The van der Waals surface area contributed by atoms with E-state index in [0.717, 1.165) is 85.5 Å². The van der Waals surface area contributed by atoms with E-state index in [4.69, 9.17) is 26.8 Å². The summed E-state index contributed by atoms with van der Waals surface area (Å²) in [6.07, 6.45) is 9.48. The first-order valence-corrected chi connectivity index (χ1v) is 28.3. The van der Waals surface area contributed by atoms with Crippen molar-refractivity contribution in [3.63, 3.8) is 0 Å². The second kappa shape index (κ2) is 25.9. The molecule has 4 aromatic heterocycles. The molecule has 2 spiro atoms. The Hall–Kier alpha value is -6.64. The number of halogens is 2. The number of nitrogens with two attached hydrogens (primary N) is 1. The van der Waals surface area contributed by atoms with Gasteiger partial charge in [-0.3, -0.25) is 19.6 Å². The van der Waals surface area contributed by atoms with Gasteiger partial charge in [0.05, 0.1) is 33.9 Å². The normalized spacial score (nSPS) is 16.4. The number of hydrogen-bond donors (Lipinski definition) is 6. The smallest absolute Gasteiger partial charge is 0.412 e. The zero-order valence-corrected chi connectivity index (χ0v) is 47.6. The van der Waals surface area contributed by atoms with Crippen molar-refractivity contribution >= 4 is 86.8 Å². The number of ether oxygens (including phenoxy) is 2. The number of aromatic nitrogens is 2. The molecule has 2 aromatic carbocycles. The Morgan fingerprint density at radius 3 is 1.76 bits per heavy atom. The summed E-state index contributed by atoms with van der Waals surface area (Å²) < 4.78 is 10.7. The zero-order chi connectivity index (χ0) is 54.8. The number of nitrogen functional groups attached to an aromatic ring is 1. The van der Waals surface area contributed by atoms with Crippen molar-refractivity contribution in [1.29, 1.82) is 0 Å². The zero-order valence-electron chi connectivity index (χ0n) is 45.2. The van der Waals surface area contributed by atoms with Gasteiger partial charge in [0.15, 0.2) is 0 Å². The summed E-state index contributed by atoms with van der Waals surface area (Å²) in [5, 5.41) is 19.7. The van der Waals surface area contributed by atoms with E-state index in [1.165, 1.54) is 38.3 Å². The molecule has 78 heavy (non-hydrogen) atoms. The maximum Gasteiger partial charge on any atom is 0.412 e. The maximum atomic E-state index is 12.8. The van der Waals surface area contributed by atoms with Crippen LogP contribution in [0.4, 0.5) is 42.9 Å². The van der Waals surface area contributed by atoms with Crippen molar-refractivity contribution in [3.05, 3.63) is 124 Å². The van der Waals surface area contributed by atoms with Crippen molar-refractivity contribution in [2.24, 2.45) is 10.8 Å². The first kappa shape index (κ1) is 59.0. The van der Waals surface area contributed by atoms with Crippen LogP contribution in [0.25, 0.3) is 20.9 Å². The number of piperidine rings is 2. The highest BCUT2D eigenvalue weighted by Crippen LogP contribution is 2.40. The Balaban J connectivity index is 0.000000176. The van der Waals surface area contributed by atoms with Gasteiger partial charge in [0.2, 0.25) is 0 Å². The SMILES string of the molecule is CC(C)(C)OC(=O)N1CCC2(CCNCC2)C1.CC(C)(C)OC(=O)Nc1ccc(-c2cccs2)cc1NC(=O)c1ccc(Cl)nc1.F.Nc1ccc(-c2cccs2)cc1NC(=O)c1ccc(N2CCC3(CCNC3)CC2)nc1. The molecule has 4 saturated heterocycles. The van der Waals surface area contributed by atoms with Gasteiger partial charge in [-0.1, -0.05) is 35.9 Å². The third-order valence-corrected chi connectivity index (χ3v) is 16.1. The molecule has 4 fully saturated rings. The topological polar surface area (TPSA) is 205 Å². The number of carbonyl (C=O) groups is 4. The fourth-order valence-corrected chi connectivity index (χ4v) is 11.4. The van der Waals surface area contributed by atoms with Crippen LogP contribution in [-0.2, 0) is 9.47 Å². The van der Waals surface area contributed by atoms with Crippen molar-refractivity contribution in [3.8, 4) is 20.9 Å². The molecule has 20 heteroatoms. The lowest BCUT2D eigenvalue weighted by Gasteiger charge is -2.39. The van der Waals surface area contributed by atoms with Gasteiger partial charge in [-0.25, -0.2) is 19.6 Å². The molecular weight excluding hydrogens is 1050 g/mol. The van der Waals surface area contributed by atoms with Gasteiger partial charge in [0.25, 0.3) is 11.8 Å². The summed E-state index contributed by atoms with van der Waals surface area (Å²) in [7, 11) is 0. The first-order chi connectivity index (χ1) is 36.7. The summed E-state index contributed by atoms with van der Waals surface area (Å²) in [5.41, 5.74) is 10.8. The standard InChI is InChI=1S/C24H27N5OS.C21H20ClN3O3S.C13H24N2O2.FH/c25-19-5-3-17(21-2-1-13-31-21)14-20(19)28-23(30)18-4-6-22(27-15-18)29-11-8-24(9-12-29)7-10-26-16-24;1-21(2,3)28-20(27)25-15-8-6-13(17-5-4-10-29-17)11-16(15)24-19(26)14-7-9-18(22)23-12-14;1-12(2,3)17-11(16)15-9-6-13(10-15)4-7-14-8-5-13;/h1-6,13-15,26H,7-12,16,25H2,(H,28,30);4-12H,1-3H3,(H,24,26)(H,25,27);14H,4-10H2,1-3H3;1H. The number of amides is 4. The molecule has 0 aliphatic carbocycles. The number of likely N-dealkylation sites (tertiary alicyclic amines) is 1. The van der Waals surface area contributed by atoms with Crippen molar-refractivity contribution < 1.29 is 33.4 Å². The predicted molar refractivity (Wildman–Crippen MR) is 314 cm³/mol. The predicted octanol–water partition coefficient (Wildman–Crippen LogP) is 12.4. The lowest BCUT2D eigenvalue weighted by Crippen LogP contribution is -2.41. The molecule has 4 aliphatic heterocycles. The number of thiophene rings is 2. The molecule has 10 rings (SSSR count). The van der Waals surface area contributed by atoms with Crippen LogP contribution < -0.4 is 37.2 Å². The van der Waals surface area contributed by atoms with Crippen molar-refractivity contribution in [2.75, 3.05) is 78.9 Å². The van der Waals surface area contributed by atoms with Gasteiger partial charge in [0.1, 0.15) is 22.2 Å². The van der Waals surface area contributed by atoms with Crippen LogP contribution in [0.2, 0.25) is 5.15 Å². The van der Waals surface area contributed by atoms with Crippen LogP contribution in [0.1, 0.15) is 101 Å². The van der Waals surface area contributed by atoms with Gasteiger partial charge in [0, 0.05) is 54.9 Å². The van der Waals surface area contributed by atoms with Gasteiger partial charge < -0.3 is 46.3 Å². The number of carbonyl (C=O) groups excluding carboxylic acids is 4. The van der Waals surface area contributed by atoms with Crippen LogP contribution in [0, 0.1) is 10.8 Å². The van der Waals surface area contributed by atoms with Gasteiger partial charge in [-0.05, 0) is 193 Å². The average Bonchev–Trinajstić information content (AvgIpc) is 4.27. The minimum absolute atomic E-state index is 0. The number of rotatable bonds is 8. The monoisotopic (exact) mass is 1120 g/mol. The number of nitrogens with zero attached hydrogens (tertiary/aromatic N) is 4. The molecule has 416 valence electrons. The van der Waals surface area contributed by atoms with E-state index in [2.05, 4.69) is 47.5 Å². The number of anilines is 5. The summed E-state index contributed by atoms with van der Waals surface area (Å²) in [4.78, 5) is 64.5. The molecular formula is C58H72ClFN10O6S2. The van der Waals surface area contributed by atoms with Crippen LogP contribution >= 0.6 is 34.3 Å². The number of benzene rings is 2. The second-order valence-electron chi connectivity index (χ2n) is 22.1. The summed E-state index contributed by atoms with van der Waals surface area (Å²) in [5.74, 6) is 0.366. The summed E-state index contributed by atoms with van der Waals surface area (Å²) in [6.45, 7) is 19.3. The molecule has 0 bridgehead atoms. The van der Waals surface area contributed by atoms with E-state index in [9.17, 15) is 19.2 Å². The van der Waals surface area contributed by atoms with E-state index in [0.29, 0.717) is 49.9 Å². The molecule has 8 heterocycles. The maximum absolute atomic E-state index is 12.8. The Bertz CT molecular complexity index is 2950. The Labute approximate surface area is 469 Å². The molecule has 16 nitrogen and oxygen atoms in total. The van der Waals surface area contributed by atoms with E-state index in [1.54, 1.807) is 73.9 Å². The molecule has 0 unspecified atom stereocenters. The molecule has 0 saturated carbocycles. The molecule has 4 amide bonds. The molecule has 4 aliphatic rings. The van der Waals surface area contributed by atoms with E-state index < -0.39 is 11.7 Å². The summed E-state index contributed by atoms with van der Waals surface area (Å²) in [6, 6.07) is 26.0. The number of nitrogens with one attached hydrogen (secondary N) is 5. The minimum Gasteiger partial charge on any atom is -0.444 e. The van der Waals surface area contributed by atoms with Crippen LogP contribution in [-0.4, -0.2) is 102 Å². The van der Waals surface area contributed by atoms with Crippen LogP contribution in [0.15, 0.2) is 108 Å². The van der Waals surface area contributed by atoms with Gasteiger partial charge in [-0.2, -0.15) is 0 Å². The molecule has 0 radical (unpaired) electrons. The van der Waals surface area contributed by atoms with E-state index in [1.807, 2.05) is 91.0 Å². The second-order valence-corrected chi connectivity index (χ2v) is 24.4. The van der Waals surface area contributed by atoms with Crippen molar-refractivity contribution in [2.45, 2.75) is 91.3 Å². The fraction of sp³-hybridized carbons (Fsp3) is 0.414. The fourth-order valence-electron chi connectivity index (χ4n) is 9.85. The van der Waals surface area contributed by atoms with Gasteiger partial charge in [-0.15, -0.1) is 22.7 Å². The highest BCUT2D eigenvalue weighted by Gasteiger charge is 2.42. The third-order valence-electron chi connectivity index (χ3n) is 14.1. The quantitative estimate of drug-likeness (QED) is 0.0622. The molecule has 6 aromatic rings. The number of pyridine rings is 2. The lowest BCUT2D eigenvalue weighted by molar-refractivity contribution is 0.0264. The average molecular weight is 1120 g/mol.